The molecule has 0 spiro atoms. The third-order valence-electron chi connectivity index (χ3n) is 5.11. The number of hydrogen-bond acceptors (Lipinski definition) is 7. The fraction of sp³-hybridized carbons (Fsp3) is 0.278. The Kier molecular flexibility index (Phi) is 2.30. The Hall–Kier alpha value is -2.77. The second kappa shape index (κ2) is 4.25. The molecule has 0 radical (unpaired) electrons. The molecule has 4 atom stereocenters. The van der Waals surface area contributed by atoms with Crippen molar-refractivity contribution in [1.82, 2.24) is 0 Å². The minimum Gasteiger partial charge on any atom is -0.507 e. The van der Waals surface area contributed by atoms with Crippen LogP contribution in [0, 0.1) is 0 Å². The summed E-state index contributed by atoms with van der Waals surface area (Å²) in [6.07, 6.45) is -0.788. The smallest absolute Gasteiger partial charge is 0.212 e. The fourth-order valence-electron chi connectivity index (χ4n) is 3.96. The van der Waals surface area contributed by atoms with Crippen LogP contribution < -0.4 is 14.9 Å². The summed E-state index contributed by atoms with van der Waals surface area (Å²) in [5, 5.41) is 10.5. The van der Waals surface area contributed by atoms with Crippen LogP contribution >= 0.6 is 0 Å². The molecule has 0 saturated carbocycles. The summed E-state index contributed by atoms with van der Waals surface area (Å²) in [7, 11) is 1.47. The molecular weight excluding hydrogens is 328 g/mol. The van der Waals surface area contributed by atoms with Crippen LogP contribution in [0.5, 0.6) is 17.2 Å². The van der Waals surface area contributed by atoms with Gasteiger partial charge < -0.3 is 28.5 Å². The number of epoxide rings is 1. The molecule has 1 aromatic heterocycles. The first-order chi connectivity index (χ1) is 12.2. The van der Waals surface area contributed by atoms with Crippen LogP contribution in [0.15, 0.2) is 33.5 Å². The van der Waals surface area contributed by atoms with Gasteiger partial charge in [0.1, 0.15) is 45.3 Å². The van der Waals surface area contributed by atoms with Crippen molar-refractivity contribution in [3.63, 3.8) is 0 Å². The number of hydrogen-bond donors (Lipinski definition) is 1. The van der Waals surface area contributed by atoms with Gasteiger partial charge in [0.25, 0.3) is 0 Å². The first-order valence-corrected chi connectivity index (χ1v) is 7.94. The van der Waals surface area contributed by atoms with E-state index in [1.54, 1.807) is 18.2 Å². The lowest BCUT2D eigenvalue weighted by atomic mass is 9.95. The maximum absolute atomic E-state index is 13.1. The third kappa shape index (κ3) is 1.55. The van der Waals surface area contributed by atoms with Crippen molar-refractivity contribution < 1.29 is 28.5 Å². The van der Waals surface area contributed by atoms with Crippen LogP contribution in [-0.4, -0.2) is 30.9 Å². The van der Waals surface area contributed by atoms with Crippen LogP contribution in [-0.2, 0) is 9.47 Å². The Morgan fingerprint density at radius 1 is 1.16 bits per heavy atom. The summed E-state index contributed by atoms with van der Waals surface area (Å²) < 4.78 is 28.4. The topological polar surface area (TPSA) is 90.7 Å². The summed E-state index contributed by atoms with van der Waals surface area (Å²) in [6, 6.07) is 6.40. The number of fused-ring (bicyclic) bond motifs is 8. The van der Waals surface area contributed by atoms with Crippen LogP contribution in [0.1, 0.15) is 11.5 Å². The molecule has 0 bridgehead atoms. The molecule has 4 unspecified atom stereocenters. The van der Waals surface area contributed by atoms with Crippen molar-refractivity contribution in [1.29, 1.82) is 0 Å². The molecule has 3 aliphatic rings. The molecule has 3 aliphatic heterocycles. The Morgan fingerprint density at radius 3 is 2.88 bits per heavy atom. The van der Waals surface area contributed by atoms with Gasteiger partial charge in [0, 0.05) is 6.07 Å². The van der Waals surface area contributed by atoms with Crippen molar-refractivity contribution in [2.75, 3.05) is 7.11 Å². The normalized spacial score (nSPS) is 28.5. The zero-order chi connectivity index (χ0) is 16.9. The summed E-state index contributed by atoms with van der Waals surface area (Å²) in [6.45, 7) is 0. The van der Waals surface area contributed by atoms with E-state index in [1.165, 1.54) is 13.2 Å². The zero-order valence-electron chi connectivity index (χ0n) is 13.0. The first-order valence-electron chi connectivity index (χ1n) is 7.94. The fourth-order valence-corrected chi connectivity index (χ4v) is 3.96. The molecule has 126 valence electrons. The van der Waals surface area contributed by atoms with E-state index in [9.17, 15) is 9.90 Å². The zero-order valence-corrected chi connectivity index (χ0v) is 13.0. The average Bonchev–Trinajstić information content (AvgIpc) is 3.11. The lowest BCUT2D eigenvalue weighted by molar-refractivity contribution is -0.109. The molecule has 3 aromatic rings. The quantitative estimate of drug-likeness (QED) is 0.536. The van der Waals surface area contributed by atoms with Crippen molar-refractivity contribution >= 4 is 21.9 Å². The predicted molar refractivity (Wildman–Crippen MR) is 85.1 cm³/mol. The minimum atomic E-state index is -0.445. The minimum absolute atomic E-state index is 0.0898. The van der Waals surface area contributed by atoms with Crippen molar-refractivity contribution in [3.8, 4) is 17.2 Å². The number of ether oxygens (including phenoxy) is 4. The number of aromatic hydroxyl groups is 1. The highest BCUT2D eigenvalue weighted by molar-refractivity contribution is 5.98. The monoisotopic (exact) mass is 340 g/mol. The van der Waals surface area contributed by atoms with Crippen LogP contribution in [0.25, 0.3) is 21.9 Å². The second-order valence-corrected chi connectivity index (χ2v) is 6.39. The van der Waals surface area contributed by atoms with Crippen LogP contribution in [0.3, 0.4) is 0 Å². The highest BCUT2D eigenvalue weighted by Crippen LogP contribution is 2.57. The van der Waals surface area contributed by atoms with Gasteiger partial charge in [-0.3, -0.25) is 4.79 Å². The van der Waals surface area contributed by atoms with E-state index in [4.69, 9.17) is 23.4 Å². The van der Waals surface area contributed by atoms with Gasteiger partial charge in [-0.25, -0.2) is 0 Å². The molecule has 7 nitrogen and oxygen atoms in total. The Morgan fingerprint density at radius 2 is 2.04 bits per heavy atom. The van der Waals surface area contributed by atoms with Crippen molar-refractivity contribution in [3.05, 3.63) is 40.1 Å². The van der Waals surface area contributed by atoms with E-state index >= 15 is 0 Å². The molecule has 0 aliphatic carbocycles. The first kappa shape index (κ1) is 13.5. The number of methoxy groups -OCH3 is 1. The number of rotatable bonds is 1. The molecule has 4 heterocycles. The molecule has 2 aromatic carbocycles. The molecule has 2 saturated heterocycles. The maximum Gasteiger partial charge on any atom is 0.212 e. The molecule has 2 fully saturated rings. The second-order valence-electron chi connectivity index (χ2n) is 6.39. The van der Waals surface area contributed by atoms with E-state index in [0.29, 0.717) is 22.7 Å². The van der Waals surface area contributed by atoms with Gasteiger partial charge in [0.15, 0.2) is 6.29 Å². The van der Waals surface area contributed by atoms with Crippen LogP contribution in [0.4, 0.5) is 0 Å². The van der Waals surface area contributed by atoms with Gasteiger partial charge in [-0.15, -0.1) is 0 Å². The summed E-state index contributed by atoms with van der Waals surface area (Å²) in [4.78, 5) is 13.1. The molecule has 25 heavy (non-hydrogen) atoms. The maximum atomic E-state index is 13.1. The van der Waals surface area contributed by atoms with Gasteiger partial charge in [-0.1, -0.05) is 6.07 Å². The summed E-state index contributed by atoms with van der Waals surface area (Å²) in [5.74, 6) is 0.628. The highest BCUT2D eigenvalue weighted by Gasteiger charge is 2.63. The largest absolute Gasteiger partial charge is 0.507 e. The van der Waals surface area contributed by atoms with Gasteiger partial charge in [0.05, 0.1) is 18.6 Å². The molecule has 7 heteroatoms. The van der Waals surface area contributed by atoms with E-state index in [1.807, 2.05) is 0 Å². The van der Waals surface area contributed by atoms with Crippen molar-refractivity contribution in [2.24, 2.45) is 0 Å². The van der Waals surface area contributed by atoms with E-state index in [0.717, 1.165) is 5.56 Å². The summed E-state index contributed by atoms with van der Waals surface area (Å²) >= 11 is 0. The third-order valence-corrected chi connectivity index (χ3v) is 5.11. The van der Waals surface area contributed by atoms with Gasteiger partial charge in [0.2, 0.25) is 11.7 Å². The molecular formula is C18H12O7. The molecule has 1 N–H and O–H groups in total. The number of benzene rings is 2. The Bertz CT molecular complexity index is 1130. The number of phenolic OH excluding ortho intramolecular Hbond substituents is 1. The van der Waals surface area contributed by atoms with E-state index in [-0.39, 0.29) is 40.3 Å². The SMILES string of the molecule is COc1cc2c(c3oc4cccc(O)c4c(=O)c13)C1C(O2)OC2OC21. The summed E-state index contributed by atoms with van der Waals surface area (Å²) in [5.41, 5.74) is 1.12. The molecule has 6 rings (SSSR count). The van der Waals surface area contributed by atoms with Gasteiger partial charge in [-0.05, 0) is 12.1 Å². The molecule has 0 amide bonds. The van der Waals surface area contributed by atoms with E-state index < -0.39 is 6.29 Å². The lowest BCUT2D eigenvalue weighted by Crippen LogP contribution is -2.19. The highest BCUT2D eigenvalue weighted by atomic mass is 16.8. The van der Waals surface area contributed by atoms with Crippen LogP contribution in [0.2, 0.25) is 0 Å². The Balaban J connectivity index is 1.79. The Labute approximate surface area is 140 Å². The predicted octanol–water partition coefficient (Wildman–Crippen LogP) is 2.22. The van der Waals surface area contributed by atoms with Gasteiger partial charge >= 0.3 is 0 Å². The standard InChI is InChI=1S/C18H12O7/c1-21-8-5-9-11(13-16-18(24-16)25-17(13)23-9)15-12(8)14(20)10-6(19)3-2-4-7(10)22-15/h2-5,13,16-19H,1H3. The average molecular weight is 340 g/mol. The van der Waals surface area contributed by atoms with Gasteiger partial charge in [-0.2, -0.15) is 0 Å². The number of phenols is 1. The van der Waals surface area contributed by atoms with Crippen molar-refractivity contribution in [2.45, 2.75) is 24.6 Å². The lowest BCUT2D eigenvalue weighted by Gasteiger charge is -2.12. The van der Waals surface area contributed by atoms with E-state index in [2.05, 4.69) is 0 Å².